The zero-order valence-corrected chi connectivity index (χ0v) is 14.6. The minimum absolute atomic E-state index is 0.523. The Bertz CT molecular complexity index is 948. The highest BCUT2D eigenvalue weighted by molar-refractivity contribution is 7.99. The summed E-state index contributed by atoms with van der Waals surface area (Å²) in [6.07, 6.45) is 2.89. The van der Waals surface area contributed by atoms with Crippen molar-refractivity contribution in [3.63, 3.8) is 0 Å². The molecule has 2 aliphatic rings. The highest BCUT2D eigenvalue weighted by Crippen LogP contribution is 2.55. The predicted molar refractivity (Wildman–Crippen MR) is 99.9 cm³/mol. The molecule has 2 aromatic carbocycles. The van der Waals surface area contributed by atoms with Gasteiger partial charge in [-0.2, -0.15) is 0 Å². The van der Waals surface area contributed by atoms with Gasteiger partial charge in [0.15, 0.2) is 5.82 Å². The van der Waals surface area contributed by atoms with Gasteiger partial charge >= 0.3 is 0 Å². The SMILES string of the molecule is CC(C)c1ccc2c(c1)N1c3ncccc3Sc3cccc(c31)C2. The molecule has 3 heteroatoms. The lowest BCUT2D eigenvalue weighted by molar-refractivity contribution is 0.862. The average molecular weight is 330 g/mol. The number of pyridine rings is 1. The fourth-order valence-electron chi connectivity index (χ4n) is 3.64. The summed E-state index contributed by atoms with van der Waals surface area (Å²) in [6.45, 7) is 4.50. The molecule has 0 fully saturated rings. The minimum atomic E-state index is 0.523. The Morgan fingerprint density at radius 2 is 1.88 bits per heavy atom. The van der Waals surface area contributed by atoms with Gasteiger partial charge in [0.25, 0.3) is 0 Å². The summed E-state index contributed by atoms with van der Waals surface area (Å²) in [5, 5.41) is 0. The van der Waals surface area contributed by atoms with Crippen LogP contribution in [0.15, 0.2) is 64.5 Å². The van der Waals surface area contributed by atoms with Crippen LogP contribution < -0.4 is 4.90 Å². The van der Waals surface area contributed by atoms with E-state index < -0.39 is 0 Å². The van der Waals surface area contributed by atoms with Gasteiger partial charge in [0.1, 0.15) is 0 Å². The molecule has 3 heterocycles. The molecule has 118 valence electrons. The van der Waals surface area contributed by atoms with E-state index in [9.17, 15) is 0 Å². The van der Waals surface area contributed by atoms with Crippen LogP contribution in [0.25, 0.3) is 0 Å². The van der Waals surface area contributed by atoms with Crippen molar-refractivity contribution in [2.24, 2.45) is 0 Å². The number of hydrogen-bond donors (Lipinski definition) is 0. The summed E-state index contributed by atoms with van der Waals surface area (Å²) in [4.78, 5) is 9.65. The second kappa shape index (κ2) is 5.12. The number of nitrogens with zero attached hydrogens (tertiary/aromatic N) is 2. The standard InChI is InChI=1S/C21H18N2S/c1-13(2)14-8-9-15-11-16-5-3-6-18-20(16)23(17(15)12-14)21-19(24-18)7-4-10-22-21/h3-10,12-13H,11H2,1-2H3. The summed E-state index contributed by atoms with van der Waals surface area (Å²) < 4.78 is 0. The van der Waals surface area contributed by atoms with E-state index in [1.165, 1.54) is 37.9 Å². The third-order valence-corrected chi connectivity index (χ3v) is 5.97. The lowest BCUT2D eigenvalue weighted by Gasteiger charge is -2.38. The van der Waals surface area contributed by atoms with Gasteiger partial charge in [0, 0.05) is 17.5 Å². The molecule has 0 spiro atoms. The van der Waals surface area contributed by atoms with E-state index in [-0.39, 0.29) is 0 Å². The van der Waals surface area contributed by atoms with E-state index in [0.29, 0.717) is 5.92 Å². The second-order valence-electron chi connectivity index (χ2n) is 6.75. The van der Waals surface area contributed by atoms with Crippen molar-refractivity contribution < 1.29 is 0 Å². The van der Waals surface area contributed by atoms with E-state index in [2.05, 4.69) is 61.2 Å². The highest BCUT2D eigenvalue weighted by atomic mass is 32.2. The van der Waals surface area contributed by atoms with Crippen molar-refractivity contribution in [2.75, 3.05) is 4.90 Å². The summed E-state index contributed by atoms with van der Waals surface area (Å²) in [6, 6.07) is 17.8. The lowest BCUT2D eigenvalue weighted by Crippen LogP contribution is -2.23. The molecule has 0 N–H and O–H groups in total. The summed E-state index contributed by atoms with van der Waals surface area (Å²) in [5.74, 6) is 1.58. The quantitative estimate of drug-likeness (QED) is 0.372. The van der Waals surface area contributed by atoms with Crippen LogP contribution in [0, 0.1) is 0 Å². The lowest BCUT2D eigenvalue weighted by atomic mass is 9.92. The first-order chi connectivity index (χ1) is 11.7. The van der Waals surface area contributed by atoms with Gasteiger partial charge in [-0.05, 0) is 46.9 Å². The first-order valence-corrected chi connectivity index (χ1v) is 9.22. The minimum Gasteiger partial charge on any atom is -0.292 e. The third kappa shape index (κ3) is 1.94. The summed E-state index contributed by atoms with van der Waals surface area (Å²) in [7, 11) is 0. The van der Waals surface area contributed by atoms with E-state index in [1.54, 1.807) is 0 Å². The average Bonchev–Trinajstić information content (AvgIpc) is 2.61. The molecule has 2 aliphatic heterocycles. The molecule has 0 bridgehead atoms. The van der Waals surface area contributed by atoms with Gasteiger partial charge in [-0.25, -0.2) is 4.98 Å². The molecule has 0 amide bonds. The Morgan fingerprint density at radius 3 is 2.75 bits per heavy atom. The van der Waals surface area contributed by atoms with Crippen LogP contribution in [0.1, 0.15) is 36.5 Å². The smallest absolute Gasteiger partial charge is 0.151 e. The first kappa shape index (κ1) is 14.1. The van der Waals surface area contributed by atoms with Crippen molar-refractivity contribution in [1.82, 2.24) is 4.98 Å². The van der Waals surface area contributed by atoms with Gasteiger partial charge < -0.3 is 0 Å². The maximum absolute atomic E-state index is 4.72. The van der Waals surface area contributed by atoms with Crippen LogP contribution in [0.3, 0.4) is 0 Å². The van der Waals surface area contributed by atoms with Crippen molar-refractivity contribution >= 4 is 29.0 Å². The Morgan fingerprint density at radius 1 is 1.00 bits per heavy atom. The number of para-hydroxylation sites is 1. The van der Waals surface area contributed by atoms with Crippen LogP contribution in [0.4, 0.5) is 17.2 Å². The van der Waals surface area contributed by atoms with Crippen LogP contribution in [0.2, 0.25) is 0 Å². The number of rotatable bonds is 1. The molecule has 0 radical (unpaired) electrons. The van der Waals surface area contributed by atoms with Crippen molar-refractivity contribution in [3.05, 3.63) is 71.4 Å². The molecule has 0 saturated carbocycles. The molecular formula is C21H18N2S. The molecule has 0 unspecified atom stereocenters. The van der Waals surface area contributed by atoms with Crippen LogP contribution >= 0.6 is 11.8 Å². The Kier molecular flexibility index (Phi) is 3.01. The Hall–Kier alpha value is -2.26. The normalized spacial score (nSPS) is 14.2. The van der Waals surface area contributed by atoms with Crippen LogP contribution in [0.5, 0.6) is 0 Å². The zero-order chi connectivity index (χ0) is 16.3. The van der Waals surface area contributed by atoms with Crippen molar-refractivity contribution in [1.29, 1.82) is 0 Å². The maximum Gasteiger partial charge on any atom is 0.151 e. The van der Waals surface area contributed by atoms with Gasteiger partial charge in [0.05, 0.1) is 16.3 Å². The van der Waals surface area contributed by atoms with Crippen LogP contribution in [-0.4, -0.2) is 4.98 Å². The molecule has 2 nitrogen and oxygen atoms in total. The number of aromatic nitrogens is 1. The third-order valence-electron chi connectivity index (χ3n) is 4.89. The number of anilines is 3. The predicted octanol–water partition coefficient (Wildman–Crippen LogP) is 6.04. The topological polar surface area (TPSA) is 16.1 Å². The van der Waals surface area contributed by atoms with E-state index >= 15 is 0 Å². The van der Waals surface area contributed by atoms with Gasteiger partial charge in [0.2, 0.25) is 0 Å². The fourth-order valence-corrected chi connectivity index (χ4v) is 4.72. The maximum atomic E-state index is 4.72. The number of fused-ring (bicyclic) bond motifs is 4. The van der Waals surface area contributed by atoms with Gasteiger partial charge in [-0.3, -0.25) is 4.90 Å². The highest BCUT2D eigenvalue weighted by Gasteiger charge is 2.32. The molecule has 3 aromatic rings. The molecular weight excluding hydrogens is 312 g/mol. The summed E-state index contributed by atoms with van der Waals surface area (Å²) >= 11 is 1.83. The van der Waals surface area contributed by atoms with Gasteiger partial charge in [-0.15, -0.1) is 0 Å². The Balaban J connectivity index is 1.81. The molecule has 0 atom stereocenters. The van der Waals surface area contributed by atoms with E-state index in [0.717, 1.165) is 12.2 Å². The van der Waals surface area contributed by atoms with Crippen molar-refractivity contribution in [3.8, 4) is 0 Å². The number of benzene rings is 2. The largest absolute Gasteiger partial charge is 0.292 e. The molecule has 24 heavy (non-hydrogen) atoms. The molecule has 0 saturated heterocycles. The summed E-state index contributed by atoms with van der Waals surface area (Å²) in [5.41, 5.74) is 6.77. The van der Waals surface area contributed by atoms with Crippen molar-refractivity contribution in [2.45, 2.75) is 36.0 Å². The fraction of sp³-hybridized carbons (Fsp3) is 0.190. The zero-order valence-electron chi connectivity index (χ0n) is 13.8. The molecule has 0 aliphatic carbocycles. The van der Waals surface area contributed by atoms with E-state index in [4.69, 9.17) is 4.98 Å². The molecule has 1 aromatic heterocycles. The van der Waals surface area contributed by atoms with Gasteiger partial charge in [-0.1, -0.05) is 49.9 Å². The first-order valence-electron chi connectivity index (χ1n) is 8.40. The second-order valence-corrected chi connectivity index (χ2v) is 7.83. The molecule has 5 rings (SSSR count). The number of hydrogen-bond acceptors (Lipinski definition) is 3. The Labute approximate surface area is 146 Å². The monoisotopic (exact) mass is 330 g/mol. The van der Waals surface area contributed by atoms with Crippen LogP contribution in [-0.2, 0) is 6.42 Å². The van der Waals surface area contributed by atoms with E-state index in [1.807, 2.05) is 24.0 Å².